The second-order valence-electron chi connectivity index (χ2n) is 4.97. The molecule has 6 nitrogen and oxygen atoms in total. The van der Waals surface area contributed by atoms with Crippen LogP contribution in [-0.4, -0.2) is 32.2 Å². The van der Waals surface area contributed by atoms with Crippen LogP contribution >= 0.6 is 27.3 Å². The molecule has 130 valence electrons. The van der Waals surface area contributed by atoms with Gasteiger partial charge < -0.3 is 14.2 Å². The van der Waals surface area contributed by atoms with Crippen LogP contribution in [0.5, 0.6) is 17.2 Å². The molecule has 0 fully saturated rings. The summed E-state index contributed by atoms with van der Waals surface area (Å²) in [6.07, 6.45) is 0. The van der Waals surface area contributed by atoms with Gasteiger partial charge in [-0.25, -0.2) is 4.98 Å². The Morgan fingerprint density at radius 2 is 1.80 bits per heavy atom. The Hall–Kier alpha value is -2.32. The molecule has 2 aromatic carbocycles. The van der Waals surface area contributed by atoms with Crippen molar-refractivity contribution >= 4 is 48.5 Å². The number of aromatic nitrogens is 1. The first-order valence-corrected chi connectivity index (χ1v) is 8.84. The molecule has 0 unspecified atom stereocenters. The van der Waals surface area contributed by atoms with Crippen molar-refractivity contribution in [1.82, 2.24) is 4.98 Å². The van der Waals surface area contributed by atoms with Crippen molar-refractivity contribution in [2.45, 2.75) is 0 Å². The van der Waals surface area contributed by atoms with Crippen molar-refractivity contribution in [3.63, 3.8) is 0 Å². The Labute approximate surface area is 156 Å². The standard InChI is InChI=1S/C17H15BrN2O4S/c1-22-9-4-5-11(18)10(8-9)16(21)20-17-19-14-12(23-2)6-7-13(24-3)15(14)25-17/h4-8H,1-3H3,(H,19,20,21). The van der Waals surface area contributed by atoms with Crippen LogP contribution in [0.25, 0.3) is 10.2 Å². The lowest BCUT2D eigenvalue weighted by Crippen LogP contribution is -2.12. The van der Waals surface area contributed by atoms with Gasteiger partial charge in [0.05, 0.1) is 26.9 Å². The van der Waals surface area contributed by atoms with Gasteiger partial charge in [-0.05, 0) is 46.3 Å². The van der Waals surface area contributed by atoms with Gasteiger partial charge in [-0.15, -0.1) is 0 Å². The van der Waals surface area contributed by atoms with E-state index in [-0.39, 0.29) is 5.91 Å². The number of hydrogen-bond acceptors (Lipinski definition) is 6. The highest BCUT2D eigenvalue weighted by Gasteiger charge is 2.17. The maximum absolute atomic E-state index is 12.6. The molecule has 8 heteroatoms. The molecule has 0 saturated heterocycles. The van der Waals surface area contributed by atoms with E-state index in [4.69, 9.17) is 14.2 Å². The second kappa shape index (κ2) is 7.28. The van der Waals surface area contributed by atoms with E-state index in [1.807, 2.05) is 6.07 Å². The molecule has 0 bridgehead atoms. The van der Waals surface area contributed by atoms with Crippen LogP contribution in [0.3, 0.4) is 0 Å². The number of amides is 1. The third-order valence-electron chi connectivity index (χ3n) is 3.55. The first kappa shape index (κ1) is 17.5. The van der Waals surface area contributed by atoms with Crippen LogP contribution in [0.15, 0.2) is 34.8 Å². The fourth-order valence-electron chi connectivity index (χ4n) is 2.31. The number of nitrogens with one attached hydrogen (secondary N) is 1. The summed E-state index contributed by atoms with van der Waals surface area (Å²) in [5, 5.41) is 3.27. The van der Waals surface area contributed by atoms with Gasteiger partial charge in [0.1, 0.15) is 27.5 Å². The number of thiazole rings is 1. The van der Waals surface area contributed by atoms with E-state index in [0.29, 0.717) is 37.9 Å². The molecule has 25 heavy (non-hydrogen) atoms. The number of halogens is 1. The van der Waals surface area contributed by atoms with Gasteiger partial charge in [0.2, 0.25) is 0 Å². The number of methoxy groups -OCH3 is 3. The second-order valence-corrected chi connectivity index (χ2v) is 6.82. The van der Waals surface area contributed by atoms with Crippen molar-refractivity contribution in [2.75, 3.05) is 26.6 Å². The van der Waals surface area contributed by atoms with Crippen LogP contribution in [0.4, 0.5) is 5.13 Å². The summed E-state index contributed by atoms with van der Waals surface area (Å²) in [5.74, 6) is 1.61. The fraction of sp³-hybridized carbons (Fsp3) is 0.176. The van der Waals surface area contributed by atoms with E-state index in [0.717, 1.165) is 4.70 Å². The summed E-state index contributed by atoms with van der Waals surface area (Å²) in [6.45, 7) is 0. The Morgan fingerprint density at radius 1 is 1.08 bits per heavy atom. The van der Waals surface area contributed by atoms with Gasteiger partial charge >= 0.3 is 0 Å². The summed E-state index contributed by atoms with van der Waals surface area (Å²) >= 11 is 4.70. The Morgan fingerprint density at radius 3 is 2.48 bits per heavy atom. The molecule has 1 amide bonds. The van der Waals surface area contributed by atoms with Gasteiger partial charge in [0.15, 0.2) is 5.13 Å². The zero-order valence-electron chi connectivity index (χ0n) is 13.8. The highest BCUT2D eigenvalue weighted by atomic mass is 79.9. The minimum absolute atomic E-state index is 0.289. The number of anilines is 1. The number of fused-ring (bicyclic) bond motifs is 1. The molecule has 1 aromatic heterocycles. The topological polar surface area (TPSA) is 69.7 Å². The van der Waals surface area contributed by atoms with Crippen LogP contribution in [0.1, 0.15) is 10.4 Å². The zero-order valence-corrected chi connectivity index (χ0v) is 16.2. The van der Waals surface area contributed by atoms with Crippen LogP contribution in [0, 0.1) is 0 Å². The number of rotatable bonds is 5. The maximum Gasteiger partial charge on any atom is 0.258 e. The molecule has 0 aliphatic rings. The highest BCUT2D eigenvalue weighted by molar-refractivity contribution is 9.10. The van der Waals surface area contributed by atoms with E-state index in [2.05, 4.69) is 26.2 Å². The first-order chi connectivity index (χ1) is 12.1. The lowest BCUT2D eigenvalue weighted by atomic mass is 10.2. The normalized spacial score (nSPS) is 10.6. The fourth-order valence-corrected chi connectivity index (χ4v) is 3.70. The molecule has 3 rings (SSSR count). The summed E-state index contributed by atoms with van der Waals surface area (Å²) in [6, 6.07) is 8.79. The number of benzene rings is 2. The Balaban J connectivity index is 1.97. The van der Waals surface area contributed by atoms with Gasteiger partial charge in [0.25, 0.3) is 5.91 Å². The molecule has 0 spiro atoms. The summed E-state index contributed by atoms with van der Waals surface area (Å²) in [5.41, 5.74) is 1.10. The summed E-state index contributed by atoms with van der Waals surface area (Å²) < 4.78 is 17.3. The largest absolute Gasteiger partial charge is 0.497 e. The highest BCUT2D eigenvalue weighted by Crippen LogP contribution is 2.39. The van der Waals surface area contributed by atoms with Crippen LogP contribution in [-0.2, 0) is 0 Å². The quantitative estimate of drug-likeness (QED) is 0.662. The lowest BCUT2D eigenvalue weighted by molar-refractivity contribution is 0.102. The van der Waals surface area contributed by atoms with E-state index in [9.17, 15) is 4.79 Å². The van der Waals surface area contributed by atoms with Crippen molar-refractivity contribution in [1.29, 1.82) is 0 Å². The van der Waals surface area contributed by atoms with Gasteiger partial charge in [-0.2, -0.15) is 0 Å². The minimum Gasteiger partial charge on any atom is -0.497 e. The third-order valence-corrected chi connectivity index (χ3v) is 5.23. The van der Waals surface area contributed by atoms with Crippen molar-refractivity contribution < 1.29 is 19.0 Å². The molecule has 0 aliphatic carbocycles. The molecular formula is C17H15BrN2O4S. The number of carbonyl (C=O) groups excluding carboxylic acids is 1. The smallest absolute Gasteiger partial charge is 0.258 e. The molecule has 0 saturated carbocycles. The van der Waals surface area contributed by atoms with E-state index in [1.165, 1.54) is 11.3 Å². The van der Waals surface area contributed by atoms with Crippen molar-refractivity contribution in [3.05, 3.63) is 40.4 Å². The summed E-state index contributed by atoms with van der Waals surface area (Å²) in [4.78, 5) is 17.1. The van der Waals surface area contributed by atoms with Crippen LogP contribution < -0.4 is 19.5 Å². The maximum atomic E-state index is 12.6. The molecule has 1 N–H and O–H groups in total. The van der Waals surface area contributed by atoms with Crippen molar-refractivity contribution in [2.24, 2.45) is 0 Å². The Bertz CT molecular complexity index is 901. The first-order valence-electron chi connectivity index (χ1n) is 7.23. The molecular weight excluding hydrogens is 408 g/mol. The number of ether oxygens (including phenoxy) is 3. The molecule has 0 aliphatic heterocycles. The lowest BCUT2D eigenvalue weighted by Gasteiger charge is -2.06. The molecule has 0 atom stereocenters. The average Bonchev–Trinajstić information content (AvgIpc) is 3.04. The predicted octanol–water partition coefficient (Wildman–Crippen LogP) is 4.34. The molecule has 1 heterocycles. The molecule has 3 aromatic rings. The average molecular weight is 423 g/mol. The van der Waals surface area contributed by atoms with Crippen molar-refractivity contribution in [3.8, 4) is 17.2 Å². The predicted molar refractivity (Wildman–Crippen MR) is 101 cm³/mol. The number of carbonyl (C=O) groups is 1. The monoisotopic (exact) mass is 422 g/mol. The Kier molecular flexibility index (Phi) is 5.10. The van der Waals surface area contributed by atoms with Crippen LogP contribution in [0.2, 0.25) is 0 Å². The third kappa shape index (κ3) is 3.40. The van der Waals surface area contributed by atoms with E-state index in [1.54, 1.807) is 45.6 Å². The van der Waals surface area contributed by atoms with E-state index >= 15 is 0 Å². The zero-order chi connectivity index (χ0) is 18.0. The van der Waals surface area contributed by atoms with Gasteiger partial charge in [0, 0.05) is 4.47 Å². The SMILES string of the molecule is COc1ccc(Br)c(C(=O)Nc2nc3c(OC)ccc(OC)c3s2)c1. The van der Waals surface area contributed by atoms with Gasteiger partial charge in [-0.1, -0.05) is 11.3 Å². The summed E-state index contributed by atoms with van der Waals surface area (Å²) in [7, 11) is 4.72. The number of nitrogens with zero attached hydrogens (tertiary/aromatic N) is 1. The minimum atomic E-state index is -0.289. The number of hydrogen-bond donors (Lipinski definition) is 1. The van der Waals surface area contributed by atoms with Gasteiger partial charge in [-0.3, -0.25) is 10.1 Å². The van der Waals surface area contributed by atoms with E-state index < -0.39 is 0 Å². The molecule has 0 radical (unpaired) electrons.